The summed E-state index contributed by atoms with van der Waals surface area (Å²) in [6, 6.07) is 0. The molecule has 0 aromatic rings. The van der Waals surface area contributed by atoms with Crippen LogP contribution in [0.2, 0.25) is 0 Å². The van der Waals surface area contributed by atoms with Gasteiger partial charge >= 0.3 is 5.97 Å². The van der Waals surface area contributed by atoms with E-state index in [-0.39, 0.29) is 18.8 Å². The molecule has 96 valence electrons. The van der Waals surface area contributed by atoms with E-state index in [2.05, 4.69) is 9.46 Å². The Bertz CT molecular complexity index is 321. The van der Waals surface area contributed by atoms with Gasteiger partial charge in [-0.05, 0) is 13.3 Å². The number of hydrogen-bond acceptors (Lipinski definition) is 5. The van der Waals surface area contributed by atoms with Crippen LogP contribution in [0.15, 0.2) is 0 Å². The lowest BCUT2D eigenvalue weighted by Crippen LogP contribution is -2.49. The molecule has 7 heteroatoms. The van der Waals surface area contributed by atoms with Crippen LogP contribution in [0.4, 0.5) is 0 Å². The molecular formula is C9H19NO5S. The van der Waals surface area contributed by atoms with Crippen LogP contribution < -0.4 is 4.72 Å². The fourth-order valence-corrected chi connectivity index (χ4v) is 2.46. The van der Waals surface area contributed by atoms with Crippen molar-refractivity contribution in [2.75, 3.05) is 19.5 Å². The summed E-state index contributed by atoms with van der Waals surface area (Å²) in [7, 11) is -2.38. The molecule has 0 aromatic carbocycles. The highest BCUT2D eigenvalue weighted by Crippen LogP contribution is 2.10. The Morgan fingerprint density at radius 1 is 1.50 bits per heavy atom. The van der Waals surface area contributed by atoms with Gasteiger partial charge in [-0.2, -0.15) is 0 Å². The monoisotopic (exact) mass is 253 g/mol. The lowest BCUT2D eigenvalue weighted by atomic mass is 10.0. The zero-order chi connectivity index (χ0) is 12.8. The van der Waals surface area contributed by atoms with Gasteiger partial charge in [0.25, 0.3) is 0 Å². The van der Waals surface area contributed by atoms with Crippen LogP contribution in [-0.4, -0.2) is 44.5 Å². The molecule has 0 saturated heterocycles. The van der Waals surface area contributed by atoms with Crippen molar-refractivity contribution >= 4 is 16.0 Å². The lowest BCUT2D eigenvalue weighted by Gasteiger charge is -2.26. The Hall–Kier alpha value is -0.660. The largest absolute Gasteiger partial charge is 0.469 e. The van der Waals surface area contributed by atoms with Gasteiger partial charge in [-0.1, -0.05) is 6.92 Å². The summed E-state index contributed by atoms with van der Waals surface area (Å²) in [6.45, 7) is 3.07. The molecule has 6 nitrogen and oxygen atoms in total. The Labute approximate surface area is 96.0 Å². The van der Waals surface area contributed by atoms with E-state index in [1.807, 2.05) is 0 Å². The van der Waals surface area contributed by atoms with Crippen LogP contribution in [0.1, 0.15) is 26.7 Å². The number of carbonyl (C=O) groups excluding carboxylic acids is 1. The average molecular weight is 253 g/mol. The molecule has 0 aromatic heterocycles. The standard InChI is InChI=1S/C9H19NO5S/c1-4-9(2,7-11)10-16(13,14)6-5-8(12)15-3/h10-11H,4-7H2,1-3H3. The van der Waals surface area contributed by atoms with Gasteiger partial charge in [0.05, 0.1) is 31.4 Å². The summed E-state index contributed by atoms with van der Waals surface area (Å²) in [5.74, 6) is -0.914. The molecule has 0 aliphatic heterocycles. The molecule has 0 radical (unpaired) electrons. The van der Waals surface area contributed by atoms with Crippen molar-refractivity contribution in [1.82, 2.24) is 4.72 Å². The van der Waals surface area contributed by atoms with E-state index in [1.165, 1.54) is 7.11 Å². The van der Waals surface area contributed by atoms with Crippen molar-refractivity contribution in [2.24, 2.45) is 0 Å². The van der Waals surface area contributed by atoms with Crippen molar-refractivity contribution in [3.63, 3.8) is 0 Å². The molecular weight excluding hydrogens is 234 g/mol. The maximum absolute atomic E-state index is 11.6. The number of carbonyl (C=O) groups is 1. The third-order valence-electron chi connectivity index (χ3n) is 2.33. The van der Waals surface area contributed by atoms with Crippen LogP contribution in [0.3, 0.4) is 0 Å². The summed E-state index contributed by atoms with van der Waals surface area (Å²) in [5.41, 5.74) is -0.880. The second-order valence-electron chi connectivity index (χ2n) is 3.82. The van der Waals surface area contributed by atoms with E-state index in [0.29, 0.717) is 6.42 Å². The molecule has 2 N–H and O–H groups in total. The van der Waals surface area contributed by atoms with E-state index in [4.69, 9.17) is 5.11 Å². The number of methoxy groups -OCH3 is 1. The molecule has 0 fully saturated rings. The molecule has 0 heterocycles. The number of esters is 1. The summed E-state index contributed by atoms with van der Waals surface area (Å²) >= 11 is 0. The van der Waals surface area contributed by atoms with Gasteiger partial charge in [-0.15, -0.1) is 0 Å². The molecule has 0 aliphatic rings. The number of hydrogen-bond donors (Lipinski definition) is 2. The number of sulfonamides is 1. The first-order chi connectivity index (χ1) is 7.28. The van der Waals surface area contributed by atoms with Crippen molar-refractivity contribution in [2.45, 2.75) is 32.2 Å². The Kier molecular flexibility index (Phi) is 5.91. The minimum absolute atomic E-state index is 0.197. The molecule has 0 aliphatic carbocycles. The molecule has 0 rings (SSSR count). The second kappa shape index (κ2) is 6.17. The third kappa shape index (κ3) is 5.43. The fourth-order valence-electron chi connectivity index (χ4n) is 0.962. The number of aliphatic hydroxyl groups excluding tert-OH is 1. The van der Waals surface area contributed by atoms with Crippen LogP contribution in [0.5, 0.6) is 0 Å². The number of ether oxygens (including phenoxy) is 1. The summed E-state index contributed by atoms with van der Waals surface area (Å²) in [6.07, 6.45) is 0.262. The lowest BCUT2D eigenvalue weighted by molar-refractivity contribution is -0.140. The highest BCUT2D eigenvalue weighted by atomic mass is 32.2. The SMILES string of the molecule is CCC(C)(CO)NS(=O)(=O)CCC(=O)OC. The molecule has 1 atom stereocenters. The molecule has 0 amide bonds. The molecule has 1 unspecified atom stereocenters. The maximum atomic E-state index is 11.6. The highest BCUT2D eigenvalue weighted by Gasteiger charge is 2.27. The van der Waals surface area contributed by atoms with Gasteiger partial charge in [-0.25, -0.2) is 13.1 Å². The van der Waals surface area contributed by atoms with E-state index in [1.54, 1.807) is 13.8 Å². The van der Waals surface area contributed by atoms with E-state index in [9.17, 15) is 13.2 Å². The molecule has 16 heavy (non-hydrogen) atoms. The minimum atomic E-state index is -3.58. The highest BCUT2D eigenvalue weighted by molar-refractivity contribution is 7.89. The predicted molar refractivity (Wildman–Crippen MR) is 59.3 cm³/mol. The second-order valence-corrected chi connectivity index (χ2v) is 5.66. The van der Waals surface area contributed by atoms with Crippen LogP contribution in [-0.2, 0) is 19.6 Å². The Balaban J connectivity index is 4.41. The zero-order valence-electron chi connectivity index (χ0n) is 9.82. The first-order valence-corrected chi connectivity index (χ1v) is 6.63. The topological polar surface area (TPSA) is 92.7 Å². The maximum Gasteiger partial charge on any atom is 0.306 e. The van der Waals surface area contributed by atoms with E-state index in [0.717, 1.165) is 0 Å². The van der Waals surface area contributed by atoms with Crippen LogP contribution >= 0.6 is 0 Å². The summed E-state index contributed by atoms with van der Waals surface area (Å²) in [4.78, 5) is 10.8. The van der Waals surface area contributed by atoms with Gasteiger partial charge in [0.2, 0.25) is 10.0 Å². The summed E-state index contributed by atoms with van der Waals surface area (Å²) < 4.78 is 29.8. The first kappa shape index (κ1) is 15.3. The average Bonchev–Trinajstić information content (AvgIpc) is 2.25. The molecule has 0 saturated carbocycles. The summed E-state index contributed by atoms with van der Waals surface area (Å²) in [5, 5.41) is 9.05. The normalized spacial score (nSPS) is 15.5. The van der Waals surface area contributed by atoms with E-state index < -0.39 is 21.5 Å². The van der Waals surface area contributed by atoms with Crippen LogP contribution in [0.25, 0.3) is 0 Å². The fraction of sp³-hybridized carbons (Fsp3) is 0.889. The number of nitrogens with one attached hydrogen (secondary N) is 1. The molecule has 0 spiro atoms. The minimum Gasteiger partial charge on any atom is -0.469 e. The Morgan fingerprint density at radius 2 is 2.06 bits per heavy atom. The Morgan fingerprint density at radius 3 is 2.44 bits per heavy atom. The molecule has 0 bridgehead atoms. The van der Waals surface area contributed by atoms with Gasteiger partial charge in [0.1, 0.15) is 0 Å². The van der Waals surface area contributed by atoms with Gasteiger partial charge in [0.15, 0.2) is 0 Å². The number of aliphatic hydroxyl groups is 1. The smallest absolute Gasteiger partial charge is 0.306 e. The zero-order valence-corrected chi connectivity index (χ0v) is 10.6. The number of rotatable bonds is 7. The predicted octanol–water partition coefficient (Wildman–Crippen LogP) is -0.370. The van der Waals surface area contributed by atoms with Crippen molar-refractivity contribution < 1.29 is 23.1 Å². The third-order valence-corrected chi connectivity index (χ3v) is 3.88. The van der Waals surface area contributed by atoms with Crippen molar-refractivity contribution in [3.05, 3.63) is 0 Å². The van der Waals surface area contributed by atoms with Gasteiger partial charge in [0, 0.05) is 0 Å². The van der Waals surface area contributed by atoms with Crippen LogP contribution in [0, 0.1) is 0 Å². The van der Waals surface area contributed by atoms with Gasteiger partial charge in [-0.3, -0.25) is 4.79 Å². The van der Waals surface area contributed by atoms with Crippen molar-refractivity contribution in [1.29, 1.82) is 0 Å². The quantitative estimate of drug-likeness (QED) is 0.604. The van der Waals surface area contributed by atoms with Gasteiger partial charge < -0.3 is 9.84 Å². The first-order valence-electron chi connectivity index (χ1n) is 4.98. The van der Waals surface area contributed by atoms with Crippen molar-refractivity contribution in [3.8, 4) is 0 Å². The van der Waals surface area contributed by atoms with E-state index >= 15 is 0 Å².